The van der Waals surface area contributed by atoms with Crippen molar-refractivity contribution in [3.63, 3.8) is 0 Å². The average Bonchev–Trinajstić information content (AvgIpc) is 2.10. The second-order valence-electron chi connectivity index (χ2n) is 7.29. The van der Waals surface area contributed by atoms with E-state index in [0.29, 0.717) is 35.5 Å². The number of nitrogens with one attached hydrogen (secondary N) is 2. The zero-order valence-corrected chi connectivity index (χ0v) is 12.8. The molecule has 2 N–H and O–H groups in total. The first-order chi connectivity index (χ1) is 7.71. The predicted octanol–water partition coefficient (Wildman–Crippen LogP) is 3.18. The van der Waals surface area contributed by atoms with E-state index in [2.05, 4.69) is 59.1 Å². The highest BCUT2D eigenvalue weighted by molar-refractivity contribution is 4.96. The fraction of sp³-hybridized carbons (Fsp3) is 1.00. The lowest BCUT2D eigenvalue weighted by molar-refractivity contribution is 0.100. The summed E-state index contributed by atoms with van der Waals surface area (Å²) in [5, 5.41) is 7.50. The minimum Gasteiger partial charge on any atom is -0.311 e. The number of hydrogen-bond acceptors (Lipinski definition) is 2. The van der Waals surface area contributed by atoms with E-state index in [0.717, 1.165) is 0 Å². The molecule has 0 amide bonds. The molecule has 102 valence electrons. The van der Waals surface area contributed by atoms with Crippen molar-refractivity contribution in [2.24, 2.45) is 11.3 Å². The lowest BCUT2D eigenvalue weighted by Gasteiger charge is -2.46. The third-order valence-electron chi connectivity index (χ3n) is 3.91. The Morgan fingerprint density at radius 2 is 1.24 bits per heavy atom. The molecule has 2 heteroatoms. The highest BCUT2D eigenvalue weighted by Gasteiger charge is 2.39. The van der Waals surface area contributed by atoms with Crippen LogP contribution in [0.25, 0.3) is 0 Å². The van der Waals surface area contributed by atoms with Crippen molar-refractivity contribution < 1.29 is 0 Å². The maximum atomic E-state index is 3.75. The second-order valence-corrected chi connectivity index (χ2v) is 7.29. The molecule has 0 aromatic heterocycles. The van der Waals surface area contributed by atoms with Gasteiger partial charge in [-0.05, 0) is 24.2 Å². The summed E-state index contributed by atoms with van der Waals surface area (Å²) in [5.74, 6) is 0.716. The summed E-state index contributed by atoms with van der Waals surface area (Å²) >= 11 is 0. The van der Waals surface area contributed by atoms with Crippen LogP contribution in [-0.4, -0.2) is 24.2 Å². The van der Waals surface area contributed by atoms with Gasteiger partial charge in [-0.1, -0.05) is 48.5 Å². The summed E-state index contributed by atoms with van der Waals surface area (Å²) in [6.45, 7) is 16.2. The van der Waals surface area contributed by atoms with Gasteiger partial charge in [-0.2, -0.15) is 0 Å². The van der Waals surface area contributed by atoms with Gasteiger partial charge in [0.1, 0.15) is 0 Å². The molecule has 0 spiro atoms. The first kappa shape index (κ1) is 15.0. The molecule has 0 aromatic carbocycles. The number of hydrogen-bond donors (Lipinski definition) is 2. The molecule has 1 aliphatic carbocycles. The molecule has 0 bridgehead atoms. The molecule has 2 atom stereocenters. The predicted molar refractivity (Wildman–Crippen MR) is 76.3 cm³/mol. The maximum absolute atomic E-state index is 3.75. The van der Waals surface area contributed by atoms with Crippen LogP contribution >= 0.6 is 0 Å². The van der Waals surface area contributed by atoms with E-state index in [1.165, 1.54) is 12.8 Å². The van der Waals surface area contributed by atoms with Crippen LogP contribution in [0.4, 0.5) is 0 Å². The third kappa shape index (κ3) is 4.59. The topological polar surface area (TPSA) is 24.1 Å². The van der Waals surface area contributed by atoms with Gasteiger partial charge in [0.05, 0.1) is 0 Å². The Bertz CT molecular complexity index is 211. The van der Waals surface area contributed by atoms with Gasteiger partial charge in [-0.15, -0.1) is 0 Å². The normalized spacial score (nSPS) is 33.4. The molecule has 1 fully saturated rings. The van der Waals surface area contributed by atoms with Crippen molar-refractivity contribution in [1.29, 1.82) is 0 Å². The molecule has 2 nitrogen and oxygen atoms in total. The molecule has 0 heterocycles. The van der Waals surface area contributed by atoms with E-state index >= 15 is 0 Å². The summed E-state index contributed by atoms with van der Waals surface area (Å²) in [5.41, 5.74) is 0.450. The Labute approximate surface area is 108 Å². The fourth-order valence-corrected chi connectivity index (χ4v) is 3.20. The summed E-state index contributed by atoms with van der Waals surface area (Å²) < 4.78 is 0. The Balaban J connectivity index is 2.71. The van der Waals surface area contributed by atoms with Crippen LogP contribution in [0.15, 0.2) is 0 Å². The molecule has 1 aliphatic rings. The SMILES string of the molecule is CC(C)NC1CC(C)(C)CC(NC(C)C)C1C. The molecular weight excluding hydrogens is 208 g/mol. The quantitative estimate of drug-likeness (QED) is 0.788. The van der Waals surface area contributed by atoms with E-state index in [-0.39, 0.29) is 0 Å². The van der Waals surface area contributed by atoms with Gasteiger partial charge >= 0.3 is 0 Å². The fourth-order valence-electron chi connectivity index (χ4n) is 3.20. The summed E-state index contributed by atoms with van der Waals surface area (Å²) in [7, 11) is 0. The van der Waals surface area contributed by atoms with Crippen LogP contribution in [-0.2, 0) is 0 Å². The van der Waals surface area contributed by atoms with Gasteiger partial charge in [0.25, 0.3) is 0 Å². The monoisotopic (exact) mass is 240 g/mol. The Kier molecular flexibility index (Phi) is 5.03. The van der Waals surface area contributed by atoms with Crippen LogP contribution in [0, 0.1) is 11.3 Å². The van der Waals surface area contributed by atoms with E-state index in [4.69, 9.17) is 0 Å². The molecule has 2 unspecified atom stereocenters. The molecule has 0 radical (unpaired) electrons. The zero-order chi connectivity index (χ0) is 13.2. The van der Waals surface area contributed by atoms with Gasteiger partial charge < -0.3 is 10.6 Å². The molecule has 1 saturated carbocycles. The first-order valence-corrected chi connectivity index (χ1v) is 7.23. The molecule has 17 heavy (non-hydrogen) atoms. The lowest BCUT2D eigenvalue weighted by atomic mass is 9.68. The van der Waals surface area contributed by atoms with Crippen LogP contribution in [0.5, 0.6) is 0 Å². The van der Waals surface area contributed by atoms with E-state index in [9.17, 15) is 0 Å². The van der Waals surface area contributed by atoms with Crippen molar-refractivity contribution in [1.82, 2.24) is 10.6 Å². The largest absolute Gasteiger partial charge is 0.311 e. The summed E-state index contributed by atoms with van der Waals surface area (Å²) in [6, 6.07) is 2.46. The Morgan fingerprint density at radius 1 is 0.882 bits per heavy atom. The highest BCUT2D eigenvalue weighted by Crippen LogP contribution is 2.38. The zero-order valence-electron chi connectivity index (χ0n) is 12.8. The van der Waals surface area contributed by atoms with Gasteiger partial charge in [0.2, 0.25) is 0 Å². The van der Waals surface area contributed by atoms with Gasteiger partial charge in [-0.3, -0.25) is 0 Å². The molecule has 0 aliphatic heterocycles. The van der Waals surface area contributed by atoms with Gasteiger partial charge in [0.15, 0.2) is 0 Å². The third-order valence-corrected chi connectivity index (χ3v) is 3.91. The van der Waals surface area contributed by atoms with Crippen LogP contribution in [0.1, 0.15) is 61.3 Å². The number of rotatable bonds is 4. The minimum absolute atomic E-state index is 0.450. The lowest BCUT2D eigenvalue weighted by Crippen LogP contribution is -2.56. The van der Waals surface area contributed by atoms with E-state index < -0.39 is 0 Å². The molecule has 1 rings (SSSR count). The molecule has 0 aromatic rings. The smallest absolute Gasteiger partial charge is 0.0115 e. The Hall–Kier alpha value is -0.0800. The van der Waals surface area contributed by atoms with Crippen molar-refractivity contribution >= 4 is 0 Å². The van der Waals surface area contributed by atoms with Gasteiger partial charge in [0, 0.05) is 24.2 Å². The van der Waals surface area contributed by atoms with E-state index in [1.807, 2.05) is 0 Å². The van der Waals surface area contributed by atoms with Gasteiger partial charge in [-0.25, -0.2) is 0 Å². The highest BCUT2D eigenvalue weighted by atomic mass is 15.0. The van der Waals surface area contributed by atoms with Crippen LogP contribution in [0.3, 0.4) is 0 Å². The summed E-state index contributed by atoms with van der Waals surface area (Å²) in [6.07, 6.45) is 2.59. The van der Waals surface area contributed by atoms with Crippen molar-refractivity contribution in [2.75, 3.05) is 0 Å². The standard InChI is InChI=1S/C15H32N2/c1-10(2)16-13-8-15(6,7)9-14(12(13)5)17-11(3)4/h10-14,16-17H,8-9H2,1-7H3. The Morgan fingerprint density at radius 3 is 1.53 bits per heavy atom. The van der Waals surface area contributed by atoms with Crippen molar-refractivity contribution in [2.45, 2.75) is 85.5 Å². The summed E-state index contributed by atoms with van der Waals surface area (Å²) in [4.78, 5) is 0. The van der Waals surface area contributed by atoms with Crippen LogP contribution < -0.4 is 10.6 Å². The average molecular weight is 240 g/mol. The second kappa shape index (κ2) is 5.71. The van der Waals surface area contributed by atoms with Crippen molar-refractivity contribution in [3.8, 4) is 0 Å². The first-order valence-electron chi connectivity index (χ1n) is 7.23. The van der Waals surface area contributed by atoms with Crippen molar-refractivity contribution in [3.05, 3.63) is 0 Å². The maximum Gasteiger partial charge on any atom is 0.0115 e. The molecule has 0 saturated heterocycles. The minimum atomic E-state index is 0.450. The van der Waals surface area contributed by atoms with Crippen LogP contribution in [0.2, 0.25) is 0 Å². The molecular formula is C15H32N2. The van der Waals surface area contributed by atoms with E-state index in [1.54, 1.807) is 0 Å².